The van der Waals surface area contributed by atoms with Crippen LogP contribution in [-0.2, 0) is 6.42 Å². The Kier molecular flexibility index (Phi) is 5.50. The molecule has 0 bridgehead atoms. The molecule has 0 radical (unpaired) electrons. The monoisotopic (exact) mass is 349 g/mol. The third-order valence-corrected chi connectivity index (χ3v) is 3.75. The topological polar surface area (TPSA) is 76.7 Å². The minimum Gasteiger partial charge on any atom is -0.368 e. The number of benzene rings is 1. The Morgan fingerprint density at radius 2 is 2.10 bits per heavy atom. The van der Waals surface area contributed by atoms with Gasteiger partial charge in [0, 0.05) is 10.5 Å². The lowest BCUT2D eigenvalue weighted by molar-refractivity contribution is 0.627. The predicted octanol–water partition coefficient (Wildman–Crippen LogP) is 3.35. The number of nitrogens with zero attached hydrogens (tertiary/aromatic N) is 3. The number of nitrogens with one attached hydrogen (secondary N) is 1. The second kappa shape index (κ2) is 7.36. The summed E-state index contributed by atoms with van der Waals surface area (Å²) < 4.78 is 1.11. The van der Waals surface area contributed by atoms with E-state index in [0.717, 1.165) is 23.7 Å². The van der Waals surface area contributed by atoms with E-state index in [1.54, 1.807) is 0 Å². The third-order valence-electron chi connectivity index (χ3n) is 3.26. The van der Waals surface area contributed by atoms with E-state index in [0.29, 0.717) is 17.8 Å². The Bertz CT molecular complexity index is 582. The Labute approximate surface area is 133 Å². The second-order valence-corrected chi connectivity index (χ2v) is 5.90. The highest BCUT2D eigenvalue weighted by atomic mass is 79.9. The summed E-state index contributed by atoms with van der Waals surface area (Å²) in [7, 11) is 0. The van der Waals surface area contributed by atoms with Crippen molar-refractivity contribution < 1.29 is 0 Å². The molecule has 0 amide bonds. The Hall–Kier alpha value is -1.69. The minimum absolute atomic E-state index is 0.256. The first kappa shape index (κ1) is 15.7. The fourth-order valence-electron chi connectivity index (χ4n) is 2.16. The van der Waals surface area contributed by atoms with Crippen LogP contribution in [0.3, 0.4) is 0 Å². The van der Waals surface area contributed by atoms with Crippen LogP contribution in [0, 0.1) is 6.92 Å². The number of nitrogen functional groups attached to an aromatic ring is 1. The van der Waals surface area contributed by atoms with Gasteiger partial charge in [-0.25, -0.2) is 0 Å². The van der Waals surface area contributed by atoms with Gasteiger partial charge < -0.3 is 11.1 Å². The molecular formula is C15H20BrN5. The van der Waals surface area contributed by atoms with Gasteiger partial charge in [-0.1, -0.05) is 35.0 Å². The first-order chi connectivity index (χ1) is 10.1. The molecule has 0 saturated carbocycles. The summed E-state index contributed by atoms with van der Waals surface area (Å²) in [5.74, 6) is 1.44. The van der Waals surface area contributed by atoms with Crippen LogP contribution >= 0.6 is 15.9 Å². The molecule has 1 unspecified atom stereocenters. The van der Waals surface area contributed by atoms with E-state index in [1.807, 2.05) is 13.0 Å². The van der Waals surface area contributed by atoms with Gasteiger partial charge in [-0.2, -0.15) is 15.0 Å². The first-order valence-electron chi connectivity index (χ1n) is 7.06. The summed E-state index contributed by atoms with van der Waals surface area (Å²) in [6, 6.07) is 8.70. The Morgan fingerprint density at radius 1 is 1.29 bits per heavy atom. The highest BCUT2D eigenvalue weighted by molar-refractivity contribution is 9.10. The van der Waals surface area contributed by atoms with Crippen LogP contribution in [0.2, 0.25) is 0 Å². The number of aryl methyl sites for hydroxylation is 2. The van der Waals surface area contributed by atoms with Gasteiger partial charge in [-0.3, -0.25) is 0 Å². The average Bonchev–Trinajstić information content (AvgIpc) is 2.42. The molecule has 21 heavy (non-hydrogen) atoms. The maximum Gasteiger partial charge on any atom is 0.227 e. The van der Waals surface area contributed by atoms with Crippen molar-refractivity contribution in [2.24, 2.45) is 0 Å². The number of hydrogen-bond donors (Lipinski definition) is 2. The van der Waals surface area contributed by atoms with Gasteiger partial charge in [0.05, 0.1) is 0 Å². The van der Waals surface area contributed by atoms with Crippen molar-refractivity contribution in [3.8, 4) is 0 Å². The minimum atomic E-state index is 0.256. The SMILES string of the molecule is CCC(CCc1cccc(Br)c1)Nc1nc(C)nc(N)n1. The summed E-state index contributed by atoms with van der Waals surface area (Å²) in [6.07, 6.45) is 3.01. The number of aromatic nitrogens is 3. The molecular weight excluding hydrogens is 330 g/mol. The van der Waals surface area contributed by atoms with Crippen LogP contribution in [0.1, 0.15) is 31.2 Å². The van der Waals surface area contributed by atoms with E-state index in [-0.39, 0.29) is 5.95 Å². The van der Waals surface area contributed by atoms with Crippen LogP contribution < -0.4 is 11.1 Å². The molecule has 0 saturated heterocycles. The maximum absolute atomic E-state index is 5.65. The van der Waals surface area contributed by atoms with Crippen molar-refractivity contribution in [3.63, 3.8) is 0 Å². The van der Waals surface area contributed by atoms with E-state index in [9.17, 15) is 0 Å². The molecule has 2 rings (SSSR count). The lowest BCUT2D eigenvalue weighted by Gasteiger charge is -2.17. The summed E-state index contributed by atoms with van der Waals surface area (Å²) in [4.78, 5) is 12.4. The van der Waals surface area contributed by atoms with Gasteiger partial charge in [0.25, 0.3) is 0 Å². The third kappa shape index (κ3) is 4.97. The lowest BCUT2D eigenvalue weighted by atomic mass is 10.0. The standard InChI is InChI=1S/C15H20BrN5/c1-3-13(8-7-11-5-4-6-12(16)9-11)20-15-19-10(2)18-14(17)21-15/h4-6,9,13H,3,7-8H2,1-2H3,(H3,17,18,19,20,21). The smallest absolute Gasteiger partial charge is 0.227 e. The number of hydrogen-bond acceptors (Lipinski definition) is 5. The molecule has 0 aliphatic heterocycles. The van der Waals surface area contributed by atoms with Gasteiger partial charge in [-0.05, 0) is 43.9 Å². The van der Waals surface area contributed by atoms with Crippen LogP contribution in [0.15, 0.2) is 28.7 Å². The van der Waals surface area contributed by atoms with Crippen LogP contribution in [0.5, 0.6) is 0 Å². The summed E-state index contributed by atoms with van der Waals surface area (Å²) >= 11 is 3.50. The normalized spacial score (nSPS) is 12.1. The van der Waals surface area contributed by atoms with E-state index >= 15 is 0 Å². The molecule has 2 aromatic rings. The van der Waals surface area contributed by atoms with E-state index in [4.69, 9.17) is 5.73 Å². The summed E-state index contributed by atoms with van der Waals surface area (Å²) in [5.41, 5.74) is 6.97. The second-order valence-electron chi connectivity index (χ2n) is 4.98. The molecule has 1 heterocycles. The van der Waals surface area contributed by atoms with Crippen LogP contribution in [0.4, 0.5) is 11.9 Å². The molecule has 1 aromatic carbocycles. The number of anilines is 2. The summed E-state index contributed by atoms with van der Waals surface area (Å²) in [6.45, 7) is 3.96. The van der Waals surface area contributed by atoms with Gasteiger partial charge >= 0.3 is 0 Å². The van der Waals surface area contributed by atoms with Crippen molar-refractivity contribution >= 4 is 27.8 Å². The molecule has 1 atom stereocenters. The van der Waals surface area contributed by atoms with Crippen molar-refractivity contribution in [2.45, 2.75) is 39.2 Å². The Balaban J connectivity index is 1.96. The molecule has 5 nitrogen and oxygen atoms in total. The highest BCUT2D eigenvalue weighted by Gasteiger charge is 2.09. The zero-order valence-corrected chi connectivity index (χ0v) is 13.9. The Morgan fingerprint density at radius 3 is 2.76 bits per heavy atom. The van der Waals surface area contributed by atoms with E-state index in [1.165, 1.54) is 5.56 Å². The number of rotatable bonds is 6. The van der Waals surface area contributed by atoms with E-state index in [2.05, 4.69) is 61.3 Å². The first-order valence-corrected chi connectivity index (χ1v) is 7.85. The number of halogens is 1. The van der Waals surface area contributed by atoms with Crippen LogP contribution in [-0.4, -0.2) is 21.0 Å². The largest absolute Gasteiger partial charge is 0.368 e. The quantitative estimate of drug-likeness (QED) is 0.836. The molecule has 6 heteroatoms. The fraction of sp³-hybridized carbons (Fsp3) is 0.400. The van der Waals surface area contributed by atoms with Crippen molar-refractivity contribution in [1.82, 2.24) is 15.0 Å². The molecule has 0 spiro atoms. The molecule has 1 aromatic heterocycles. The zero-order chi connectivity index (χ0) is 15.2. The zero-order valence-electron chi connectivity index (χ0n) is 12.3. The highest BCUT2D eigenvalue weighted by Crippen LogP contribution is 2.15. The van der Waals surface area contributed by atoms with Gasteiger partial charge in [0.2, 0.25) is 11.9 Å². The molecule has 0 fully saturated rings. The summed E-state index contributed by atoms with van der Waals surface area (Å²) in [5, 5.41) is 3.34. The van der Waals surface area contributed by atoms with Crippen molar-refractivity contribution in [3.05, 3.63) is 40.1 Å². The molecule has 112 valence electrons. The van der Waals surface area contributed by atoms with Gasteiger partial charge in [0.1, 0.15) is 5.82 Å². The van der Waals surface area contributed by atoms with Gasteiger partial charge in [0.15, 0.2) is 0 Å². The van der Waals surface area contributed by atoms with Crippen LogP contribution in [0.25, 0.3) is 0 Å². The fourth-order valence-corrected chi connectivity index (χ4v) is 2.61. The maximum atomic E-state index is 5.65. The van der Waals surface area contributed by atoms with Crippen molar-refractivity contribution in [2.75, 3.05) is 11.1 Å². The predicted molar refractivity (Wildman–Crippen MR) is 89.1 cm³/mol. The lowest BCUT2D eigenvalue weighted by Crippen LogP contribution is -2.21. The number of nitrogens with two attached hydrogens (primary N) is 1. The van der Waals surface area contributed by atoms with E-state index < -0.39 is 0 Å². The molecule has 0 aliphatic carbocycles. The van der Waals surface area contributed by atoms with Gasteiger partial charge in [-0.15, -0.1) is 0 Å². The average molecular weight is 350 g/mol. The molecule has 0 aliphatic rings. The van der Waals surface area contributed by atoms with Crippen molar-refractivity contribution in [1.29, 1.82) is 0 Å². The molecule has 3 N–H and O–H groups in total.